The molecule has 0 N–H and O–H groups in total. The molecule has 2 rings (SSSR count). The Hall–Kier alpha value is -1.91. The van der Waals surface area contributed by atoms with Crippen LogP contribution >= 0.6 is 0 Å². The van der Waals surface area contributed by atoms with Gasteiger partial charge in [0.05, 0.1) is 0 Å². The van der Waals surface area contributed by atoms with Gasteiger partial charge in [0.2, 0.25) is 5.89 Å². The first-order valence-corrected chi connectivity index (χ1v) is 5.29. The van der Waals surface area contributed by atoms with Gasteiger partial charge in [-0.25, -0.2) is 4.39 Å². The molecule has 2 aromatic rings. The average molecular weight is 236 g/mol. The number of benzene rings is 1. The Morgan fingerprint density at radius 3 is 2.71 bits per heavy atom. The number of hydrogen-bond donors (Lipinski definition) is 0. The fourth-order valence-electron chi connectivity index (χ4n) is 1.43. The van der Waals surface area contributed by atoms with Gasteiger partial charge >= 0.3 is 0 Å². The molecule has 0 unspecified atom stereocenters. The van der Waals surface area contributed by atoms with Crippen molar-refractivity contribution in [1.29, 1.82) is 0 Å². The summed E-state index contributed by atoms with van der Waals surface area (Å²) >= 11 is 0. The van der Waals surface area contributed by atoms with Crippen LogP contribution in [0.15, 0.2) is 22.6 Å². The summed E-state index contributed by atoms with van der Waals surface area (Å²) in [5.74, 6) is 0.618. The van der Waals surface area contributed by atoms with Crippen molar-refractivity contribution in [2.75, 3.05) is 0 Å². The van der Waals surface area contributed by atoms with Gasteiger partial charge in [-0.3, -0.25) is 0 Å². The quantitative estimate of drug-likeness (QED) is 0.822. The first-order valence-electron chi connectivity index (χ1n) is 5.29. The van der Waals surface area contributed by atoms with Crippen LogP contribution in [0.4, 0.5) is 4.39 Å². The molecule has 0 aliphatic carbocycles. The van der Waals surface area contributed by atoms with E-state index in [1.54, 1.807) is 39.0 Å². The number of nitrogens with zero attached hydrogens (tertiary/aromatic N) is 2. The third kappa shape index (κ3) is 2.43. The zero-order valence-electron chi connectivity index (χ0n) is 9.90. The van der Waals surface area contributed by atoms with E-state index in [0.717, 1.165) is 0 Å². The van der Waals surface area contributed by atoms with Gasteiger partial charge in [0, 0.05) is 6.92 Å². The maximum Gasteiger partial charge on any atom is 0.256 e. The van der Waals surface area contributed by atoms with Gasteiger partial charge in [-0.1, -0.05) is 12.1 Å². The van der Waals surface area contributed by atoms with Gasteiger partial charge in [0.15, 0.2) is 17.7 Å². The Labute approximate surface area is 98.4 Å². The van der Waals surface area contributed by atoms with Gasteiger partial charge in [0.25, 0.3) is 5.89 Å². The third-order valence-corrected chi connectivity index (χ3v) is 2.35. The highest BCUT2D eigenvalue weighted by Gasteiger charge is 2.16. The van der Waals surface area contributed by atoms with E-state index in [1.807, 2.05) is 0 Å². The average Bonchev–Trinajstić information content (AvgIpc) is 2.72. The summed E-state index contributed by atoms with van der Waals surface area (Å²) < 4.78 is 24.4. The lowest BCUT2D eigenvalue weighted by Gasteiger charge is -2.12. The number of ether oxygens (including phenoxy) is 1. The first-order chi connectivity index (χ1) is 8.08. The van der Waals surface area contributed by atoms with E-state index in [1.165, 1.54) is 0 Å². The van der Waals surface area contributed by atoms with Crippen molar-refractivity contribution in [3.05, 3.63) is 41.4 Å². The van der Waals surface area contributed by atoms with Crippen molar-refractivity contribution in [3.8, 4) is 5.75 Å². The van der Waals surface area contributed by atoms with Crippen molar-refractivity contribution in [2.24, 2.45) is 0 Å². The summed E-state index contributed by atoms with van der Waals surface area (Å²) in [6.07, 6.45) is -0.479. The zero-order chi connectivity index (χ0) is 12.4. The van der Waals surface area contributed by atoms with E-state index in [2.05, 4.69) is 10.2 Å². The molecular weight excluding hydrogens is 223 g/mol. The van der Waals surface area contributed by atoms with Crippen LogP contribution in [-0.4, -0.2) is 10.2 Å². The summed E-state index contributed by atoms with van der Waals surface area (Å²) in [6.45, 7) is 5.11. The second-order valence-corrected chi connectivity index (χ2v) is 3.81. The lowest BCUT2D eigenvalue weighted by atomic mass is 10.2. The predicted molar refractivity (Wildman–Crippen MR) is 59.2 cm³/mol. The SMILES string of the molecule is Cc1nnc([C@@H](C)Oc2cccc(C)c2F)o1. The molecule has 17 heavy (non-hydrogen) atoms. The van der Waals surface area contributed by atoms with E-state index in [-0.39, 0.29) is 11.6 Å². The van der Waals surface area contributed by atoms with Crippen LogP contribution in [0.2, 0.25) is 0 Å². The summed E-state index contributed by atoms with van der Waals surface area (Å²) in [6, 6.07) is 4.99. The van der Waals surface area contributed by atoms with Crippen LogP contribution in [0, 0.1) is 19.7 Å². The maximum absolute atomic E-state index is 13.7. The Morgan fingerprint density at radius 2 is 2.06 bits per heavy atom. The molecule has 0 saturated heterocycles. The molecule has 1 heterocycles. The molecule has 1 aromatic heterocycles. The highest BCUT2D eigenvalue weighted by atomic mass is 19.1. The van der Waals surface area contributed by atoms with Crippen LogP contribution in [0.25, 0.3) is 0 Å². The number of hydrogen-bond acceptors (Lipinski definition) is 4. The Kier molecular flexibility index (Phi) is 3.08. The highest BCUT2D eigenvalue weighted by molar-refractivity contribution is 5.30. The molecule has 1 aromatic carbocycles. The zero-order valence-corrected chi connectivity index (χ0v) is 9.90. The molecule has 0 amide bonds. The molecule has 4 nitrogen and oxygen atoms in total. The predicted octanol–water partition coefficient (Wildman–Crippen LogP) is 2.97. The number of rotatable bonds is 3. The molecule has 0 aliphatic rings. The van der Waals surface area contributed by atoms with Gasteiger partial charge < -0.3 is 9.15 Å². The Morgan fingerprint density at radius 1 is 1.29 bits per heavy atom. The number of aryl methyl sites for hydroxylation is 2. The second kappa shape index (κ2) is 4.53. The van der Waals surface area contributed by atoms with Crippen LogP contribution in [0.3, 0.4) is 0 Å². The van der Waals surface area contributed by atoms with Crippen LogP contribution in [0.5, 0.6) is 5.75 Å². The van der Waals surface area contributed by atoms with Crippen LogP contribution in [-0.2, 0) is 0 Å². The molecule has 0 fully saturated rings. The molecule has 90 valence electrons. The molecule has 0 aliphatic heterocycles. The van der Waals surface area contributed by atoms with Gasteiger partial charge in [-0.05, 0) is 25.5 Å². The Bertz CT molecular complexity index is 525. The number of halogens is 1. The lowest BCUT2D eigenvalue weighted by molar-refractivity contribution is 0.179. The normalized spacial score (nSPS) is 12.5. The highest BCUT2D eigenvalue weighted by Crippen LogP contribution is 2.25. The fraction of sp³-hybridized carbons (Fsp3) is 0.333. The fourth-order valence-corrected chi connectivity index (χ4v) is 1.43. The van der Waals surface area contributed by atoms with E-state index >= 15 is 0 Å². The molecule has 0 bridgehead atoms. The van der Waals surface area contributed by atoms with Crippen LogP contribution in [0.1, 0.15) is 30.4 Å². The van der Waals surface area contributed by atoms with E-state index in [4.69, 9.17) is 9.15 Å². The topological polar surface area (TPSA) is 48.2 Å². The molecule has 0 spiro atoms. The summed E-state index contributed by atoms with van der Waals surface area (Å²) in [5, 5.41) is 7.53. The van der Waals surface area contributed by atoms with Crippen molar-refractivity contribution in [2.45, 2.75) is 26.9 Å². The smallest absolute Gasteiger partial charge is 0.256 e. The third-order valence-electron chi connectivity index (χ3n) is 2.35. The van der Waals surface area contributed by atoms with Crippen molar-refractivity contribution in [3.63, 3.8) is 0 Å². The number of aromatic nitrogens is 2. The van der Waals surface area contributed by atoms with Gasteiger partial charge in [0.1, 0.15) is 0 Å². The van der Waals surface area contributed by atoms with Crippen molar-refractivity contribution in [1.82, 2.24) is 10.2 Å². The monoisotopic (exact) mass is 236 g/mol. The largest absolute Gasteiger partial charge is 0.478 e. The molecule has 0 saturated carbocycles. The van der Waals surface area contributed by atoms with E-state index < -0.39 is 6.10 Å². The van der Waals surface area contributed by atoms with Crippen molar-refractivity contribution < 1.29 is 13.5 Å². The lowest BCUT2D eigenvalue weighted by Crippen LogP contribution is -2.05. The molecular formula is C12H13FN2O2. The standard InChI is InChI=1S/C12H13FN2O2/c1-7-5-4-6-10(11(7)13)16-8(2)12-15-14-9(3)17-12/h4-6,8H,1-3H3/t8-/m1/s1. The minimum Gasteiger partial charge on any atom is -0.478 e. The van der Waals surface area contributed by atoms with Crippen LogP contribution < -0.4 is 4.74 Å². The summed E-state index contributed by atoms with van der Waals surface area (Å²) in [5.41, 5.74) is 0.538. The summed E-state index contributed by atoms with van der Waals surface area (Å²) in [4.78, 5) is 0. The molecule has 5 heteroatoms. The van der Waals surface area contributed by atoms with Gasteiger partial charge in [-0.2, -0.15) is 0 Å². The van der Waals surface area contributed by atoms with Crippen molar-refractivity contribution >= 4 is 0 Å². The van der Waals surface area contributed by atoms with E-state index in [9.17, 15) is 4.39 Å². The minimum atomic E-state index is -0.479. The molecule has 1 atom stereocenters. The Balaban J connectivity index is 2.18. The second-order valence-electron chi connectivity index (χ2n) is 3.81. The summed E-state index contributed by atoms with van der Waals surface area (Å²) in [7, 11) is 0. The molecule has 0 radical (unpaired) electrons. The maximum atomic E-state index is 13.7. The van der Waals surface area contributed by atoms with E-state index in [0.29, 0.717) is 17.3 Å². The first kappa shape index (κ1) is 11.6. The van der Waals surface area contributed by atoms with Gasteiger partial charge in [-0.15, -0.1) is 10.2 Å². The minimum absolute atomic E-state index is 0.188.